The normalized spacial score (nSPS) is 22.9. The molecule has 1 heterocycles. The molecule has 1 rings (SSSR count). The molecule has 0 aromatic heterocycles. The van der Waals surface area contributed by atoms with Crippen molar-refractivity contribution < 1.29 is 4.74 Å². The van der Waals surface area contributed by atoms with Gasteiger partial charge in [-0.25, -0.2) is 0 Å². The van der Waals surface area contributed by atoms with Crippen LogP contribution in [0.2, 0.25) is 0 Å². The highest BCUT2D eigenvalue weighted by molar-refractivity contribution is 4.88. The Hall–Kier alpha value is -0.0800. The Morgan fingerprint density at radius 3 is 2.18 bits per heavy atom. The molecule has 0 atom stereocenters. The quantitative estimate of drug-likeness (QED) is 0.654. The molecule has 0 unspecified atom stereocenters. The Kier molecular flexibility index (Phi) is 2.26. The van der Waals surface area contributed by atoms with Crippen molar-refractivity contribution in [2.45, 2.75) is 33.3 Å². The van der Waals surface area contributed by atoms with Crippen LogP contribution < -0.4 is 5.32 Å². The van der Waals surface area contributed by atoms with Crippen LogP contribution in [-0.4, -0.2) is 25.3 Å². The zero-order chi connectivity index (χ0) is 8.54. The fourth-order valence-corrected chi connectivity index (χ4v) is 1.04. The van der Waals surface area contributed by atoms with Crippen molar-refractivity contribution >= 4 is 0 Å². The number of hydrogen-bond acceptors (Lipinski definition) is 2. The Morgan fingerprint density at radius 2 is 1.91 bits per heavy atom. The van der Waals surface area contributed by atoms with E-state index in [2.05, 4.69) is 33.0 Å². The minimum absolute atomic E-state index is 0.0125. The molecule has 1 saturated heterocycles. The molecule has 0 bridgehead atoms. The van der Waals surface area contributed by atoms with Crippen LogP contribution in [0.5, 0.6) is 0 Å². The van der Waals surface area contributed by atoms with Gasteiger partial charge in [0.15, 0.2) is 0 Å². The summed E-state index contributed by atoms with van der Waals surface area (Å²) >= 11 is 0. The van der Waals surface area contributed by atoms with Gasteiger partial charge in [-0.15, -0.1) is 0 Å². The van der Waals surface area contributed by atoms with Gasteiger partial charge in [0.2, 0.25) is 0 Å². The van der Waals surface area contributed by atoms with Crippen molar-refractivity contribution in [1.29, 1.82) is 0 Å². The molecule has 1 N–H and O–H groups in total. The van der Waals surface area contributed by atoms with Crippen LogP contribution >= 0.6 is 0 Å². The van der Waals surface area contributed by atoms with E-state index in [9.17, 15) is 0 Å². The molecule has 0 aromatic carbocycles. The molecular formula is C9H19NO. The number of rotatable bonds is 2. The summed E-state index contributed by atoms with van der Waals surface area (Å²) in [5, 5.41) is 3.26. The second-order valence-corrected chi connectivity index (χ2v) is 4.82. The predicted molar refractivity (Wildman–Crippen MR) is 46.7 cm³/mol. The molecule has 2 nitrogen and oxygen atoms in total. The summed E-state index contributed by atoms with van der Waals surface area (Å²) in [5.41, 5.74) is 0.409. The smallest absolute Gasteiger partial charge is 0.0598 e. The van der Waals surface area contributed by atoms with Gasteiger partial charge in [0.1, 0.15) is 0 Å². The van der Waals surface area contributed by atoms with Crippen molar-refractivity contribution in [3.05, 3.63) is 0 Å². The Labute approximate surface area is 69.3 Å². The Balaban J connectivity index is 2.21. The molecule has 1 fully saturated rings. The fourth-order valence-electron chi connectivity index (χ4n) is 1.04. The van der Waals surface area contributed by atoms with E-state index in [4.69, 9.17) is 4.74 Å². The minimum atomic E-state index is 0.0125. The highest BCUT2D eigenvalue weighted by Gasteiger charge is 2.33. The lowest BCUT2D eigenvalue weighted by Gasteiger charge is -2.40. The molecule has 1 aliphatic heterocycles. The Bertz CT molecular complexity index is 133. The number of hydrogen-bond donors (Lipinski definition) is 1. The molecular weight excluding hydrogens is 138 g/mol. The molecule has 0 spiro atoms. The van der Waals surface area contributed by atoms with E-state index in [0.717, 1.165) is 19.7 Å². The van der Waals surface area contributed by atoms with Crippen LogP contribution in [-0.2, 0) is 4.74 Å². The van der Waals surface area contributed by atoms with Crippen molar-refractivity contribution in [1.82, 2.24) is 5.32 Å². The third-order valence-electron chi connectivity index (χ3n) is 1.96. The van der Waals surface area contributed by atoms with Crippen LogP contribution in [0.1, 0.15) is 27.7 Å². The molecule has 11 heavy (non-hydrogen) atoms. The van der Waals surface area contributed by atoms with Gasteiger partial charge in [0.25, 0.3) is 0 Å². The van der Waals surface area contributed by atoms with Gasteiger partial charge in [0, 0.05) is 18.5 Å². The number of nitrogens with one attached hydrogen (secondary N) is 1. The molecule has 0 radical (unpaired) electrons. The molecule has 2 heteroatoms. The van der Waals surface area contributed by atoms with E-state index in [0.29, 0.717) is 5.41 Å². The van der Waals surface area contributed by atoms with Crippen molar-refractivity contribution in [2.24, 2.45) is 5.41 Å². The first-order valence-corrected chi connectivity index (χ1v) is 4.26. The summed E-state index contributed by atoms with van der Waals surface area (Å²) in [4.78, 5) is 0. The maximum absolute atomic E-state index is 5.70. The molecule has 0 amide bonds. The topological polar surface area (TPSA) is 21.3 Å². The lowest BCUT2D eigenvalue weighted by Crippen LogP contribution is -2.54. The Morgan fingerprint density at radius 1 is 1.36 bits per heavy atom. The summed E-state index contributed by atoms with van der Waals surface area (Å²) < 4.78 is 5.70. The second kappa shape index (κ2) is 2.76. The average molecular weight is 157 g/mol. The van der Waals surface area contributed by atoms with E-state index in [-0.39, 0.29) is 5.60 Å². The summed E-state index contributed by atoms with van der Waals surface area (Å²) in [5.74, 6) is 0. The van der Waals surface area contributed by atoms with Gasteiger partial charge in [-0.2, -0.15) is 0 Å². The van der Waals surface area contributed by atoms with Gasteiger partial charge < -0.3 is 10.1 Å². The van der Waals surface area contributed by atoms with Gasteiger partial charge in [0.05, 0.1) is 12.2 Å². The fraction of sp³-hybridized carbons (Fsp3) is 1.00. The van der Waals surface area contributed by atoms with Crippen molar-refractivity contribution in [2.75, 3.05) is 19.7 Å². The standard InChI is InChI=1S/C9H19NO/c1-8(2,3)11-7-9(4)5-10-6-9/h10H,5-7H2,1-4H3. The first-order chi connectivity index (χ1) is 4.91. The summed E-state index contributed by atoms with van der Waals surface area (Å²) in [6.45, 7) is 11.6. The van der Waals surface area contributed by atoms with Crippen LogP contribution in [0, 0.1) is 5.41 Å². The zero-order valence-corrected chi connectivity index (χ0v) is 8.03. The van der Waals surface area contributed by atoms with E-state index in [1.54, 1.807) is 0 Å². The summed E-state index contributed by atoms with van der Waals surface area (Å²) in [7, 11) is 0. The van der Waals surface area contributed by atoms with Crippen molar-refractivity contribution in [3.8, 4) is 0 Å². The maximum Gasteiger partial charge on any atom is 0.0598 e. The minimum Gasteiger partial charge on any atom is -0.375 e. The SMILES string of the molecule is CC1(COC(C)(C)C)CNC1. The van der Waals surface area contributed by atoms with E-state index < -0.39 is 0 Å². The van der Waals surface area contributed by atoms with Gasteiger partial charge >= 0.3 is 0 Å². The maximum atomic E-state index is 5.70. The van der Waals surface area contributed by atoms with Crippen LogP contribution in [0.4, 0.5) is 0 Å². The molecule has 0 aromatic rings. The highest BCUT2D eigenvalue weighted by Crippen LogP contribution is 2.23. The van der Waals surface area contributed by atoms with Crippen LogP contribution in [0.3, 0.4) is 0 Å². The van der Waals surface area contributed by atoms with E-state index >= 15 is 0 Å². The first-order valence-electron chi connectivity index (χ1n) is 4.26. The number of ether oxygens (including phenoxy) is 1. The van der Waals surface area contributed by atoms with Gasteiger partial charge in [-0.1, -0.05) is 6.92 Å². The van der Waals surface area contributed by atoms with Gasteiger partial charge in [-0.3, -0.25) is 0 Å². The van der Waals surface area contributed by atoms with Crippen LogP contribution in [0.15, 0.2) is 0 Å². The highest BCUT2D eigenvalue weighted by atomic mass is 16.5. The molecule has 0 saturated carbocycles. The monoisotopic (exact) mass is 157 g/mol. The molecule has 1 aliphatic rings. The van der Waals surface area contributed by atoms with Crippen LogP contribution in [0.25, 0.3) is 0 Å². The third-order valence-corrected chi connectivity index (χ3v) is 1.96. The van der Waals surface area contributed by atoms with Gasteiger partial charge in [-0.05, 0) is 20.8 Å². The first kappa shape index (κ1) is 9.01. The molecule has 66 valence electrons. The zero-order valence-electron chi connectivity index (χ0n) is 8.03. The average Bonchev–Trinajstić information content (AvgIpc) is 1.77. The third kappa shape index (κ3) is 2.80. The second-order valence-electron chi connectivity index (χ2n) is 4.82. The van der Waals surface area contributed by atoms with E-state index in [1.807, 2.05) is 0 Å². The summed E-state index contributed by atoms with van der Waals surface area (Å²) in [6.07, 6.45) is 0. The van der Waals surface area contributed by atoms with E-state index in [1.165, 1.54) is 0 Å². The summed E-state index contributed by atoms with van der Waals surface area (Å²) in [6, 6.07) is 0. The predicted octanol–water partition coefficient (Wildman–Crippen LogP) is 1.41. The lowest BCUT2D eigenvalue weighted by molar-refractivity contribution is -0.0619. The van der Waals surface area contributed by atoms with Crippen molar-refractivity contribution in [3.63, 3.8) is 0 Å². The molecule has 0 aliphatic carbocycles. The largest absolute Gasteiger partial charge is 0.375 e. The lowest BCUT2D eigenvalue weighted by atomic mass is 9.85.